The van der Waals surface area contributed by atoms with Gasteiger partial charge in [0.15, 0.2) is 0 Å². The predicted octanol–water partition coefficient (Wildman–Crippen LogP) is 14.6. The Hall–Kier alpha value is -8.03. The molecule has 0 aliphatic carbocycles. The van der Waals surface area contributed by atoms with Gasteiger partial charge in [-0.1, -0.05) is 96.1 Å². The van der Waals surface area contributed by atoms with Crippen molar-refractivity contribution in [3.63, 3.8) is 0 Å². The van der Waals surface area contributed by atoms with Crippen molar-refractivity contribution in [3.8, 4) is 11.4 Å². The standard InChI is InChI=1S/C60H43N7/c1-58(2)42-13-7-10-17-51(42)66-49-21-19-33(25-39(49)52-57(66)45(58)22-23-63-52)64(32-18-20-48-36(24-32)40-28-61-30-46-55(40)65(48)50-16-9-8-14-43(50)59(46,3)4)34-26-37-35-12-11-15-44-54(35)67-53(37)38(27-34)41-29-62-31-47(56(41)67)60(44,5)6/h7-31H,1-6H3. The fourth-order valence-electron chi connectivity index (χ4n) is 13.5. The fourth-order valence-corrected chi connectivity index (χ4v) is 13.5. The number of hydrogen-bond donors (Lipinski definition) is 0. The van der Waals surface area contributed by atoms with Crippen LogP contribution in [-0.2, 0) is 16.2 Å². The average Bonchev–Trinajstić information content (AvgIpc) is 4.07. The Morgan fingerprint density at radius 3 is 1.63 bits per heavy atom. The number of anilines is 3. The lowest BCUT2D eigenvalue weighted by Gasteiger charge is -2.34. The SMILES string of the molecule is CC1(C)c2ccccc2-n2c3ccc(N(c4ccc5c(c4)c4nccc6c4n5-c4ccccc4C6(C)C)c4cc5c6cccc7c6n6c8c(cncc8c(c4)c56)C7(C)C)cc3c3cncc1c32. The molecular formula is C60H43N7. The second-order valence-corrected chi connectivity index (χ2v) is 21.0. The first-order valence-corrected chi connectivity index (χ1v) is 23.5. The molecule has 7 aromatic heterocycles. The van der Waals surface area contributed by atoms with Crippen LogP contribution in [0, 0.1) is 0 Å². The van der Waals surface area contributed by atoms with E-state index in [1.165, 1.54) is 105 Å². The van der Waals surface area contributed by atoms with Crippen LogP contribution in [0.15, 0.2) is 152 Å². The topological polar surface area (TPSA) is 56.2 Å². The van der Waals surface area contributed by atoms with Gasteiger partial charge in [-0.05, 0) is 89.0 Å². The molecule has 3 aliphatic heterocycles. The summed E-state index contributed by atoms with van der Waals surface area (Å²) in [5, 5.41) is 8.40. The van der Waals surface area contributed by atoms with Gasteiger partial charge in [-0.15, -0.1) is 0 Å². The highest BCUT2D eigenvalue weighted by Crippen LogP contribution is 2.54. The summed E-state index contributed by atoms with van der Waals surface area (Å²) in [5.74, 6) is 0. The highest BCUT2D eigenvalue weighted by molar-refractivity contribution is 6.26. The van der Waals surface area contributed by atoms with E-state index in [4.69, 9.17) is 15.0 Å². The number of para-hydroxylation sites is 3. The Labute approximate surface area is 385 Å². The third kappa shape index (κ3) is 4.04. The summed E-state index contributed by atoms with van der Waals surface area (Å²) in [6.07, 6.45) is 10.3. The maximum absolute atomic E-state index is 5.18. The van der Waals surface area contributed by atoms with E-state index in [9.17, 15) is 0 Å². The Balaban J connectivity index is 1.02. The molecule has 0 amide bonds. The van der Waals surface area contributed by atoms with Gasteiger partial charge in [0.05, 0.1) is 55.5 Å². The molecule has 7 heteroatoms. The van der Waals surface area contributed by atoms with Crippen molar-refractivity contribution in [2.24, 2.45) is 0 Å². The van der Waals surface area contributed by atoms with Crippen LogP contribution in [0.25, 0.3) is 93.2 Å². The van der Waals surface area contributed by atoms with Crippen LogP contribution in [0.5, 0.6) is 0 Å². The Morgan fingerprint density at radius 2 is 0.910 bits per heavy atom. The minimum absolute atomic E-state index is 0.183. The largest absolute Gasteiger partial charge is 0.310 e. The fraction of sp³-hybridized carbons (Fsp3) is 0.150. The zero-order chi connectivity index (χ0) is 44.6. The molecule has 6 aromatic carbocycles. The lowest BCUT2D eigenvalue weighted by atomic mass is 9.75. The second-order valence-electron chi connectivity index (χ2n) is 21.0. The molecule has 0 saturated heterocycles. The lowest BCUT2D eigenvalue weighted by molar-refractivity contribution is 0.627. The normalized spacial score (nSPS) is 16.0. The zero-order valence-electron chi connectivity index (χ0n) is 38.1. The Morgan fingerprint density at radius 1 is 0.388 bits per heavy atom. The first-order chi connectivity index (χ1) is 32.5. The number of aromatic nitrogens is 6. The van der Waals surface area contributed by atoms with E-state index in [2.05, 4.69) is 206 Å². The van der Waals surface area contributed by atoms with Gasteiger partial charge in [-0.25, -0.2) is 0 Å². The van der Waals surface area contributed by atoms with Gasteiger partial charge in [0.25, 0.3) is 0 Å². The van der Waals surface area contributed by atoms with Crippen molar-refractivity contribution in [2.75, 3.05) is 4.90 Å². The summed E-state index contributed by atoms with van der Waals surface area (Å²) in [5.41, 5.74) is 22.5. The van der Waals surface area contributed by atoms with Crippen molar-refractivity contribution >= 4 is 98.9 Å². The molecule has 0 radical (unpaired) electrons. The van der Waals surface area contributed by atoms with Crippen molar-refractivity contribution in [3.05, 3.63) is 186 Å². The van der Waals surface area contributed by atoms with Crippen molar-refractivity contribution < 1.29 is 0 Å². The molecule has 3 aliphatic rings. The van der Waals surface area contributed by atoms with Crippen LogP contribution in [-0.4, -0.2) is 28.5 Å². The van der Waals surface area contributed by atoms with Gasteiger partial charge in [0.2, 0.25) is 0 Å². The van der Waals surface area contributed by atoms with E-state index in [0.717, 1.165) is 38.9 Å². The zero-order valence-corrected chi connectivity index (χ0v) is 38.1. The van der Waals surface area contributed by atoms with Crippen LogP contribution in [0.2, 0.25) is 0 Å². The van der Waals surface area contributed by atoms with Gasteiger partial charge < -0.3 is 18.4 Å². The maximum Gasteiger partial charge on any atom is 0.0967 e. The molecular weight excluding hydrogens is 819 g/mol. The molecule has 7 nitrogen and oxygen atoms in total. The van der Waals surface area contributed by atoms with Crippen molar-refractivity contribution in [1.82, 2.24) is 28.5 Å². The smallest absolute Gasteiger partial charge is 0.0967 e. The summed E-state index contributed by atoms with van der Waals surface area (Å²) in [6.45, 7) is 14.1. The number of pyridine rings is 3. The van der Waals surface area contributed by atoms with Crippen molar-refractivity contribution in [1.29, 1.82) is 0 Å². The van der Waals surface area contributed by atoms with E-state index < -0.39 is 0 Å². The minimum atomic E-state index is -0.206. The molecule has 0 N–H and O–H groups in total. The predicted molar refractivity (Wildman–Crippen MR) is 274 cm³/mol. The van der Waals surface area contributed by atoms with Gasteiger partial charge >= 0.3 is 0 Å². The number of nitrogens with zero attached hydrogens (tertiary/aromatic N) is 7. The Bertz CT molecular complexity index is 4160. The molecule has 0 fully saturated rings. The van der Waals surface area contributed by atoms with Crippen LogP contribution in [0.4, 0.5) is 17.1 Å². The number of benzene rings is 6. The molecule has 0 spiro atoms. The van der Waals surface area contributed by atoms with Crippen LogP contribution in [0.3, 0.4) is 0 Å². The molecule has 0 bridgehead atoms. The third-order valence-electron chi connectivity index (χ3n) is 16.7. The highest BCUT2D eigenvalue weighted by Gasteiger charge is 2.39. The summed E-state index contributed by atoms with van der Waals surface area (Å²) in [6, 6.07) is 45.8. The van der Waals surface area contributed by atoms with E-state index in [1.807, 2.05) is 6.20 Å². The Kier molecular flexibility index (Phi) is 6.21. The average molecular weight is 862 g/mol. The first-order valence-electron chi connectivity index (χ1n) is 23.5. The molecule has 318 valence electrons. The van der Waals surface area contributed by atoms with Crippen LogP contribution >= 0.6 is 0 Å². The highest BCUT2D eigenvalue weighted by atomic mass is 15.1. The van der Waals surface area contributed by atoms with E-state index in [1.54, 1.807) is 0 Å². The molecule has 0 atom stereocenters. The molecule has 0 saturated carbocycles. The summed E-state index contributed by atoms with van der Waals surface area (Å²) >= 11 is 0. The summed E-state index contributed by atoms with van der Waals surface area (Å²) in [7, 11) is 0. The van der Waals surface area contributed by atoms with Gasteiger partial charge in [0.1, 0.15) is 0 Å². The maximum atomic E-state index is 5.18. The second kappa shape index (κ2) is 11.5. The van der Waals surface area contributed by atoms with E-state index >= 15 is 0 Å². The number of fused-ring (bicyclic) bond motifs is 12. The van der Waals surface area contributed by atoms with Gasteiger partial charge in [-0.3, -0.25) is 15.0 Å². The molecule has 10 heterocycles. The van der Waals surface area contributed by atoms with Crippen LogP contribution in [0.1, 0.15) is 74.9 Å². The van der Waals surface area contributed by atoms with E-state index in [-0.39, 0.29) is 16.2 Å². The first kappa shape index (κ1) is 36.2. The third-order valence-corrected chi connectivity index (χ3v) is 16.7. The van der Waals surface area contributed by atoms with Crippen LogP contribution < -0.4 is 4.90 Å². The summed E-state index contributed by atoms with van der Waals surface area (Å²) < 4.78 is 7.47. The molecule has 16 rings (SSSR count). The number of hydrogen-bond acceptors (Lipinski definition) is 4. The molecule has 67 heavy (non-hydrogen) atoms. The van der Waals surface area contributed by atoms with E-state index in [0.29, 0.717) is 0 Å². The molecule has 13 aromatic rings. The quantitative estimate of drug-likeness (QED) is 0.178. The molecule has 0 unspecified atom stereocenters. The van der Waals surface area contributed by atoms with Gasteiger partial charge in [0, 0.05) is 113 Å². The minimum Gasteiger partial charge on any atom is -0.310 e. The monoisotopic (exact) mass is 861 g/mol. The van der Waals surface area contributed by atoms with Gasteiger partial charge in [-0.2, -0.15) is 0 Å². The summed E-state index contributed by atoms with van der Waals surface area (Å²) in [4.78, 5) is 17.5. The van der Waals surface area contributed by atoms with Crippen molar-refractivity contribution in [2.45, 2.75) is 57.8 Å². The lowest BCUT2D eigenvalue weighted by Crippen LogP contribution is -2.26. The number of rotatable bonds is 3.